The Morgan fingerprint density at radius 1 is 1.24 bits per heavy atom. The first kappa shape index (κ1) is 21.6. The molecule has 12 heteroatoms. The third kappa shape index (κ3) is 3.77. The van der Waals surface area contributed by atoms with Crippen LogP contribution in [0, 0.1) is 11.3 Å². The van der Waals surface area contributed by atoms with Gasteiger partial charge in [0.05, 0.1) is 12.1 Å². The number of nitrogens with one attached hydrogen (secondary N) is 1. The quantitative estimate of drug-likeness (QED) is 0.710. The number of amides is 3. The van der Waals surface area contributed by atoms with E-state index >= 15 is 0 Å². The second kappa shape index (κ2) is 7.56. The minimum Gasteiger partial charge on any atom is -0.366 e. The number of piperidine rings is 1. The fraction of sp³-hybridized carbons (Fsp3) is 0.636. The van der Waals surface area contributed by atoms with Crippen molar-refractivity contribution < 1.29 is 27.5 Å². The summed E-state index contributed by atoms with van der Waals surface area (Å²) in [7, 11) is 0. The molecule has 182 valence electrons. The van der Waals surface area contributed by atoms with E-state index in [4.69, 9.17) is 4.74 Å². The van der Waals surface area contributed by atoms with Gasteiger partial charge in [-0.1, -0.05) is 0 Å². The van der Waals surface area contributed by atoms with Gasteiger partial charge in [-0.05, 0) is 37.2 Å². The van der Waals surface area contributed by atoms with E-state index < -0.39 is 11.9 Å². The number of urea groups is 1. The molecule has 0 bridgehead atoms. The van der Waals surface area contributed by atoms with Crippen molar-refractivity contribution >= 4 is 17.7 Å². The molecule has 4 aliphatic rings. The molecule has 3 aliphatic heterocycles. The number of nitrogens with zero attached hydrogens (tertiary/aromatic N) is 5. The molecule has 2 aromatic rings. The van der Waals surface area contributed by atoms with Crippen LogP contribution >= 0.6 is 0 Å². The topological polar surface area (TPSA) is 92.1 Å². The van der Waals surface area contributed by atoms with E-state index in [2.05, 4.69) is 15.3 Å². The van der Waals surface area contributed by atoms with Crippen LogP contribution in [0.2, 0.25) is 0 Å². The lowest BCUT2D eigenvalue weighted by molar-refractivity contribution is -0.141. The second-order valence-electron chi connectivity index (χ2n) is 10.2. The van der Waals surface area contributed by atoms with Gasteiger partial charge in [-0.25, -0.2) is 14.8 Å². The molecular formula is C22H25F3N6O3. The average molecular weight is 478 g/mol. The number of halogens is 3. The minimum absolute atomic E-state index is 0.0163. The maximum Gasteiger partial charge on any atom is 0.434 e. The van der Waals surface area contributed by atoms with E-state index in [1.54, 1.807) is 17.3 Å². The SMILES string of the molecule is O=C1CO[C@H]2CCN(C(=O)N3CC4(CC(Cc5cnc6nc(C(F)(F)F)cn6c5)C4)C3)C[C@H]2N1. The monoisotopic (exact) mass is 478 g/mol. The first-order chi connectivity index (χ1) is 16.2. The first-order valence-corrected chi connectivity index (χ1v) is 11.5. The molecule has 9 nitrogen and oxygen atoms in total. The number of aromatic nitrogens is 3. The molecule has 0 unspecified atom stereocenters. The normalized spacial score (nSPS) is 26.7. The molecule has 2 aromatic heterocycles. The van der Waals surface area contributed by atoms with E-state index in [0.717, 1.165) is 50.5 Å². The summed E-state index contributed by atoms with van der Waals surface area (Å²) in [6, 6.07) is -0.126. The van der Waals surface area contributed by atoms with Gasteiger partial charge in [-0.15, -0.1) is 0 Å². The van der Waals surface area contributed by atoms with Crippen molar-refractivity contribution in [2.24, 2.45) is 11.3 Å². The Hall–Kier alpha value is -2.89. The molecule has 3 amide bonds. The van der Waals surface area contributed by atoms with Crippen LogP contribution in [0.15, 0.2) is 18.6 Å². The van der Waals surface area contributed by atoms with Gasteiger partial charge in [0.2, 0.25) is 11.7 Å². The highest BCUT2D eigenvalue weighted by molar-refractivity contribution is 5.79. The predicted molar refractivity (Wildman–Crippen MR) is 112 cm³/mol. The smallest absolute Gasteiger partial charge is 0.366 e. The highest BCUT2D eigenvalue weighted by Crippen LogP contribution is 2.53. The van der Waals surface area contributed by atoms with E-state index in [9.17, 15) is 22.8 Å². The predicted octanol–water partition coefficient (Wildman–Crippen LogP) is 1.71. The number of imidazole rings is 1. The van der Waals surface area contributed by atoms with Crippen LogP contribution in [0.25, 0.3) is 5.78 Å². The molecule has 0 aromatic carbocycles. The van der Waals surface area contributed by atoms with E-state index in [1.165, 1.54) is 4.40 Å². The van der Waals surface area contributed by atoms with Crippen LogP contribution in [0.3, 0.4) is 0 Å². The van der Waals surface area contributed by atoms with Gasteiger partial charge in [-0.2, -0.15) is 13.2 Å². The van der Waals surface area contributed by atoms with Gasteiger partial charge in [0, 0.05) is 50.2 Å². The van der Waals surface area contributed by atoms with Crippen molar-refractivity contribution in [1.29, 1.82) is 0 Å². The lowest BCUT2D eigenvalue weighted by atomic mass is 9.56. The van der Waals surface area contributed by atoms with Crippen molar-refractivity contribution in [3.63, 3.8) is 0 Å². The van der Waals surface area contributed by atoms with Crippen LogP contribution in [-0.4, -0.2) is 81.0 Å². The van der Waals surface area contributed by atoms with Crippen molar-refractivity contribution in [1.82, 2.24) is 29.5 Å². The van der Waals surface area contributed by atoms with Gasteiger partial charge in [-0.3, -0.25) is 9.20 Å². The first-order valence-electron chi connectivity index (χ1n) is 11.5. The molecular weight excluding hydrogens is 453 g/mol. The molecule has 34 heavy (non-hydrogen) atoms. The zero-order valence-electron chi connectivity index (χ0n) is 18.4. The van der Waals surface area contributed by atoms with E-state index in [-0.39, 0.29) is 41.9 Å². The van der Waals surface area contributed by atoms with Crippen LogP contribution in [0.4, 0.5) is 18.0 Å². The van der Waals surface area contributed by atoms with Crippen molar-refractivity contribution in [2.45, 2.75) is 44.0 Å². The zero-order chi connectivity index (χ0) is 23.7. The number of likely N-dealkylation sites (tertiary alicyclic amines) is 2. The molecule has 3 saturated heterocycles. The van der Waals surface area contributed by atoms with E-state index in [0.29, 0.717) is 19.0 Å². The Kier molecular flexibility index (Phi) is 4.81. The van der Waals surface area contributed by atoms with Gasteiger partial charge < -0.3 is 19.9 Å². The Morgan fingerprint density at radius 2 is 2.03 bits per heavy atom. The molecule has 2 atom stereocenters. The summed E-state index contributed by atoms with van der Waals surface area (Å²) in [6.07, 6.45) is 3.16. The van der Waals surface area contributed by atoms with Crippen molar-refractivity contribution in [2.75, 3.05) is 32.8 Å². The lowest BCUT2D eigenvalue weighted by Gasteiger charge is -2.60. The lowest BCUT2D eigenvalue weighted by Crippen LogP contribution is -2.68. The number of ether oxygens (including phenoxy) is 1. The number of hydrogen-bond acceptors (Lipinski definition) is 5. The summed E-state index contributed by atoms with van der Waals surface area (Å²) >= 11 is 0. The number of carbonyl (C=O) groups is 2. The summed E-state index contributed by atoms with van der Waals surface area (Å²) in [5.74, 6) is 0.326. The third-order valence-corrected chi connectivity index (χ3v) is 7.54. The fourth-order valence-corrected chi connectivity index (χ4v) is 6.04. The number of fused-ring (bicyclic) bond motifs is 2. The van der Waals surface area contributed by atoms with Crippen LogP contribution in [-0.2, 0) is 22.1 Å². The number of rotatable bonds is 2. The Balaban J connectivity index is 1.00. The molecule has 1 spiro atoms. The third-order valence-electron chi connectivity index (χ3n) is 7.54. The molecule has 5 heterocycles. The summed E-state index contributed by atoms with van der Waals surface area (Å²) in [4.78, 5) is 35.8. The minimum atomic E-state index is -4.49. The molecule has 6 rings (SSSR count). The number of alkyl halides is 3. The summed E-state index contributed by atoms with van der Waals surface area (Å²) < 4.78 is 45.5. The van der Waals surface area contributed by atoms with Crippen LogP contribution in [0.5, 0.6) is 0 Å². The highest BCUT2D eigenvalue weighted by atomic mass is 19.4. The fourth-order valence-electron chi connectivity index (χ4n) is 6.04. The van der Waals surface area contributed by atoms with Crippen molar-refractivity contribution in [3.05, 3.63) is 29.8 Å². The Labute approximate surface area is 193 Å². The van der Waals surface area contributed by atoms with Crippen LogP contribution in [0.1, 0.15) is 30.5 Å². The maximum absolute atomic E-state index is 12.9. The average Bonchev–Trinajstić information content (AvgIpc) is 3.17. The molecule has 1 saturated carbocycles. The molecule has 4 fully saturated rings. The standard InChI is InChI=1S/C22H25F3N6O3/c23-22(24,25)17-9-30-7-14(6-26-19(30)28-17)3-13-4-21(5-13)11-31(12-21)20(33)29-2-1-16-15(8-29)27-18(32)10-34-16/h6-7,9,13,15-16H,1-5,8,10-12H2,(H,27,32)/t15-,16+/m1/s1. The summed E-state index contributed by atoms with van der Waals surface area (Å²) in [5.41, 5.74) is 0.0866. The summed E-state index contributed by atoms with van der Waals surface area (Å²) in [5, 5.41) is 2.92. The number of hydrogen-bond donors (Lipinski definition) is 1. The number of carbonyl (C=O) groups excluding carboxylic acids is 2. The van der Waals surface area contributed by atoms with Gasteiger partial charge in [0.1, 0.15) is 6.61 Å². The Morgan fingerprint density at radius 3 is 2.79 bits per heavy atom. The van der Waals surface area contributed by atoms with Crippen molar-refractivity contribution in [3.8, 4) is 0 Å². The summed E-state index contributed by atoms with van der Waals surface area (Å²) in [6.45, 7) is 2.64. The highest BCUT2D eigenvalue weighted by Gasteiger charge is 2.54. The maximum atomic E-state index is 12.9. The second-order valence-corrected chi connectivity index (χ2v) is 10.2. The van der Waals surface area contributed by atoms with Crippen LogP contribution < -0.4 is 5.32 Å². The molecule has 1 aliphatic carbocycles. The zero-order valence-corrected chi connectivity index (χ0v) is 18.4. The van der Waals surface area contributed by atoms with Gasteiger partial charge in [0.15, 0.2) is 5.69 Å². The largest absolute Gasteiger partial charge is 0.434 e. The molecule has 0 radical (unpaired) electrons. The van der Waals surface area contributed by atoms with E-state index in [1.807, 2.05) is 4.90 Å². The molecule has 1 N–H and O–H groups in total. The van der Waals surface area contributed by atoms with Gasteiger partial charge >= 0.3 is 12.2 Å². The van der Waals surface area contributed by atoms with Gasteiger partial charge in [0.25, 0.3) is 0 Å². The number of morpholine rings is 1. The Bertz CT molecular complexity index is 1140.